The Labute approximate surface area is 178 Å². The Bertz CT molecular complexity index is 1000. The number of halogens is 1. The zero-order valence-corrected chi connectivity index (χ0v) is 17.6. The highest BCUT2D eigenvalue weighted by Crippen LogP contribution is 2.25. The molecule has 1 heterocycles. The SMILES string of the molecule is CCN(CC(=O)Nc1cccc(OC)c1)C(=O)c1csc(-c2ccc(Cl)cc2)n1. The van der Waals surface area contributed by atoms with Gasteiger partial charge in [0.2, 0.25) is 5.91 Å². The topological polar surface area (TPSA) is 71.5 Å². The van der Waals surface area contributed by atoms with E-state index in [1.165, 1.54) is 16.2 Å². The molecule has 150 valence electrons. The summed E-state index contributed by atoms with van der Waals surface area (Å²) in [4.78, 5) is 31.1. The van der Waals surface area contributed by atoms with Crippen molar-refractivity contribution in [2.75, 3.05) is 25.5 Å². The molecule has 29 heavy (non-hydrogen) atoms. The summed E-state index contributed by atoms with van der Waals surface area (Å²) < 4.78 is 5.15. The molecule has 1 aromatic heterocycles. The summed E-state index contributed by atoms with van der Waals surface area (Å²) in [6.45, 7) is 2.14. The third-order valence-electron chi connectivity index (χ3n) is 4.17. The average molecular weight is 430 g/mol. The Hall–Kier alpha value is -2.90. The average Bonchev–Trinajstić information content (AvgIpc) is 3.22. The summed E-state index contributed by atoms with van der Waals surface area (Å²) in [5.74, 6) is 0.0646. The maximum atomic E-state index is 12.8. The van der Waals surface area contributed by atoms with Crippen molar-refractivity contribution in [3.05, 3.63) is 64.6 Å². The monoisotopic (exact) mass is 429 g/mol. The lowest BCUT2D eigenvalue weighted by atomic mass is 10.2. The van der Waals surface area contributed by atoms with Gasteiger partial charge in [-0.15, -0.1) is 11.3 Å². The van der Waals surface area contributed by atoms with Gasteiger partial charge in [0, 0.05) is 34.3 Å². The van der Waals surface area contributed by atoms with Crippen LogP contribution in [0.15, 0.2) is 53.9 Å². The Morgan fingerprint density at radius 2 is 1.97 bits per heavy atom. The van der Waals surface area contributed by atoms with Gasteiger partial charge in [-0.1, -0.05) is 29.8 Å². The third-order valence-corrected chi connectivity index (χ3v) is 5.31. The predicted molar refractivity (Wildman–Crippen MR) is 116 cm³/mol. The quantitative estimate of drug-likeness (QED) is 0.597. The van der Waals surface area contributed by atoms with Crippen molar-refractivity contribution in [3.8, 4) is 16.3 Å². The molecule has 0 aliphatic carbocycles. The molecule has 2 aromatic carbocycles. The predicted octanol–water partition coefficient (Wildman–Crippen LogP) is 4.57. The molecule has 0 saturated heterocycles. The molecule has 0 radical (unpaired) electrons. The van der Waals surface area contributed by atoms with Gasteiger partial charge in [-0.3, -0.25) is 9.59 Å². The Balaban J connectivity index is 1.67. The highest BCUT2D eigenvalue weighted by molar-refractivity contribution is 7.13. The number of rotatable bonds is 7. The van der Waals surface area contributed by atoms with E-state index in [0.29, 0.717) is 28.7 Å². The van der Waals surface area contributed by atoms with Crippen LogP contribution in [0.3, 0.4) is 0 Å². The molecule has 2 amide bonds. The number of benzene rings is 2. The van der Waals surface area contributed by atoms with E-state index in [1.54, 1.807) is 48.9 Å². The number of carbonyl (C=O) groups is 2. The fraction of sp³-hybridized carbons (Fsp3) is 0.190. The number of amides is 2. The van der Waals surface area contributed by atoms with Gasteiger partial charge < -0.3 is 15.0 Å². The van der Waals surface area contributed by atoms with Crippen LogP contribution < -0.4 is 10.1 Å². The van der Waals surface area contributed by atoms with E-state index in [4.69, 9.17) is 16.3 Å². The number of anilines is 1. The third kappa shape index (κ3) is 5.34. The van der Waals surface area contributed by atoms with Crippen molar-refractivity contribution in [1.82, 2.24) is 9.88 Å². The van der Waals surface area contributed by atoms with Gasteiger partial charge in [-0.2, -0.15) is 0 Å². The van der Waals surface area contributed by atoms with Gasteiger partial charge in [0.05, 0.1) is 7.11 Å². The standard InChI is InChI=1S/C21H20ClN3O3S/c1-3-25(12-19(26)23-16-5-4-6-17(11-16)28-2)21(27)18-13-29-20(24-18)14-7-9-15(22)10-8-14/h4-11,13H,3,12H2,1-2H3,(H,23,26). The first-order chi connectivity index (χ1) is 14.0. The maximum Gasteiger partial charge on any atom is 0.273 e. The number of thiazole rings is 1. The van der Waals surface area contributed by atoms with E-state index >= 15 is 0 Å². The summed E-state index contributed by atoms with van der Waals surface area (Å²) in [6.07, 6.45) is 0. The van der Waals surface area contributed by atoms with Crippen LogP contribution in [0, 0.1) is 0 Å². The number of aromatic nitrogens is 1. The minimum absolute atomic E-state index is 0.0691. The maximum absolute atomic E-state index is 12.8. The number of nitrogens with zero attached hydrogens (tertiary/aromatic N) is 2. The molecule has 3 rings (SSSR count). The van der Waals surface area contributed by atoms with Crippen molar-refractivity contribution >= 4 is 40.4 Å². The Kier molecular flexibility index (Phi) is 6.85. The highest BCUT2D eigenvalue weighted by Gasteiger charge is 2.20. The van der Waals surface area contributed by atoms with E-state index in [9.17, 15) is 9.59 Å². The number of likely N-dealkylation sites (N-methyl/N-ethyl adjacent to an activating group) is 1. The van der Waals surface area contributed by atoms with Crippen molar-refractivity contribution in [3.63, 3.8) is 0 Å². The van der Waals surface area contributed by atoms with Gasteiger partial charge in [0.25, 0.3) is 5.91 Å². The number of methoxy groups -OCH3 is 1. The smallest absolute Gasteiger partial charge is 0.273 e. The summed E-state index contributed by atoms with van der Waals surface area (Å²) in [7, 11) is 1.56. The number of hydrogen-bond acceptors (Lipinski definition) is 5. The molecule has 0 fully saturated rings. The van der Waals surface area contributed by atoms with Gasteiger partial charge in [-0.05, 0) is 31.2 Å². The van der Waals surface area contributed by atoms with Crippen LogP contribution in [0.2, 0.25) is 5.02 Å². The fourth-order valence-corrected chi connectivity index (χ4v) is 3.59. The van der Waals surface area contributed by atoms with E-state index in [0.717, 1.165) is 10.6 Å². The van der Waals surface area contributed by atoms with Crippen molar-refractivity contribution < 1.29 is 14.3 Å². The van der Waals surface area contributed by atoms with E-state index in [-0.39, 0.29) is 18.4 Å². The minimum Gasteiger partial charge on any atom is -0.497 e. The van der Waals surface area contributed by atoms with Crippen LogP contribution in [0.4, 0.5) is 5.69 Å². The second kappa shape index (κ2) is 9.54. The minimum atomic E-state index is -0.290. The van der Waals surface area contributed by atoms with Crippen LogP contribution in [0.5, 0.6) is 5.75 Å². The lowest BCUT2D eigenvalue weighted by Crippen LogP contribution is -2.38. The molecular weight excluding hydrogens is 410 g/mol. The molecule has 8 heteroatoms. The molecule has 0 spiro atoms. The number of carbonyl (C=O) groups excluding carboxylic acids is 2. The van der Waals surface area contributed by atoms with Gasteiger partial charge in [0.1, 0.15) is 23.0 Å². The van der Waals surface area contributed by atoms with Gasteiger partial charge in [0.15, 0.2) is 0 Å². The van der Waals surface area contributed by atoms with Crippen molar-refractivity contribution in [1.29, 1.82) is 0 Å². The lowest BCUT2D eigenvalue weighted by Gasteiger charge is -2.19. The van der Waals surface area contributed by atoms with Crippen molar-refractivity contribution in [2.45, 2.75) is 6.92 Å². The summed E-state index contributed by atoms with van der Waals surface area (Å²) >= 11 is 7.29. The molecule has 3 aromatic rings. The zero-order valence-electron chi connectivity index (χ0n) is 16.0. The molecule has 6 nitrogen and oxygen atoms in total. The lowest BCUT2D eigenvalue weighted by molar-refractivity contribution is -0.116. The van der Waals surface area contributed by atoms with Gasteiger partial charge in [-0.25, -0.2) is 4.98 Å². The molecule has 0 aliphatic heterocycles. The number of hydrogen-bond donors (Lipinski definition) is 1. The second-order valence-electron chi connectivity index (χ2n) is 6.14. The van der Waals surface area contributed by atoms with E-state index in [2.05, 4.69) is 10.3 Å². The molecule has 0 atom stereocenters. The first-order valence-corrected chi connectivity index (χ1v) is 10.2. The van der Waals surface area contributed by atoms with Gasteiger partial charge >= 0.3 is 0 Å². The highest BCUT2D eigenvalue weighted by atomic mass is 35.5. The Morgan fingerprint density at radius 1 is 1.21 bits per heavy atom. The normalized spacial score (nSPS) is 10.4. The summed E-state index contributed by atoms with van der Waals surface area (Å²) in [6, 6.07) is 14.3. The van der Waals surface area contributed by atoms with E-state index in [1.807, 2.05) is 19.1 Å². The number of nitrogens with one attached hydrogen (secondary N) is 1. The number of ether oxygens (including phenoxy) is 1. The summed E-state index contributed by atoms with van der Waals surface area (Å²) in [5.41, 5.74) is 1.81. The van der Waals surface area contributed by atoms with Crippen LogP contribution >= 0.6 is 22.9 Å². The summed E-state index contributed by atoms with van der Waals surface area (Å²) in [5, 5.41) is 5.85. The van der Waals surface area contributed by atoms with Crippen LogP contribution in [-0.2, 0) is 4.79 Å². The largest absolute Gasteiger partial charge is 0.497 e. The van der Waals surface area contributed by atoms with Crippen LogP contribution in [-0.4, -0.2) is 41.9 Å². The molecule has 0 bridgehead atoms. The first kappa shape index (κ1) is 20.8. The van der Waals surface area contributed by atoms with Crippen LogP contribution in [0.25, 0.3) is 10.6 Å². The van der Waals surface area contributed by atoms with Crippen molar-refractivity contribution in [2.24, 2.45) is 0 Å². The molecule has 1 N–H and O–H groups in total. The zero-order chi connectivity index (χ0) is 20.8. The molecular formula is C21H20ClN3O3S. The first-order valence-electron chi connectivity index (χ1n) is 8.94. The second-order valence-corrected chi connectivity index (χ2v) is 7.44. The molecule has 0 saturated carbocycles. The van der Waals surface area contributed by atoms with Crippen LogP contribution in [0.1, 0.15) is 17.4 Å². The Morgan fingerprint density at radius 3 is 2.66 bits per heavy atom. The molecule has 0 unspecified atom stereocenters. The fourth-order valence-electron chi connectivity index (χ4n) is 2.66. The van der Waals surface area contributed by atoms with E-state index < -0.39 is 0 Å². The molecule has 0 aliphatic rings.